The normalized spacial score (nSPS) is 11.0. The summed E-state index contributed by atoms with van der Waals surface area (Å²) < 4.78 is 1.70. The number of carbonyl (C=O) groups excluding carboxylic acids is 1. The molecule has 0 spiro atoms. The van der Waals surface area contributed by atoms with E-state index in [1.165, 1.54) is 0 Å². The largest absolute Gasteiger partial charge is 0.350 e. The van der Waals surface area contributed by atoms with Gasteiger partial charge in [0.2, 0.25) is 0 Å². The molecule has 0 fully saturated rings. The van der Waals surface area contributed by atoms with Gasteiger partial charge in [0.25, 0.3) is 5.91 Å². The summed E-state index contributed by atoms with van der Waals surface area (Å²) in [5, 5.41) is 8.26. The van der Waals surface area contributed by atoms with Gasteiger partial charge in [-0.1, -0.05) is 23.2 Å². The maximum Gasteiger partial charge on any atom is 0.255 e. The van der Waals surface area contributed by atoms with Crippen LogP contribution in [0, 0.1) is 13.8 Å². The van der Waals surface area contributed by atoms with Crippen LogP contribution < -0.4 is 5.32 Å². The molecule has 0 saturated heterocycles. The molecule has 4 nitrogen and oxygen atoms in total. The first kappa shape index (κ1) is 15.9. The number of carbonyl (C=O) groups is 1. The van der Waals surface area contributed by atoms with Crippen LogP contribution >= 0.6 is 23.2 Å². The van der Waals surface area contributed by atoms with Gasteiger partial charge in [-0.25, -0.2) is 4.68 Å². The van der Waals surface area contributed by atoms with Crippen molar-refractivity contribution in [2.24, 2.45) is 0 Å². The van der Waals surface area contributed by atoms with E-state index in [4.69, 9.17) is 23.2 Å². The lowest BCUT2D eigenvalue weighted by molar-refractivity contribution is 0.0942. The van der Waals surface area contributed by atoms with Crippen LogP contribution in [0.2, 0.25) is 10.0 Å². The molecule has 0 unspecified atom stereocenters. The summed E-state index contributed by atoms with van der Waals surface area (Å²) in [5.74, 6) is -0.119. The van der Waals surface area contributed by atoms with E-state index in [9.17, 15) is 4.79 Å². The summed E-state index contributed by atoms with van der Waals surface area (Å²) in [7, 11) is 0. The number of nitrogens with one attached hydrogen (secondary N) is 1. The van der Waals surface area contributed by atoms with Crippen molar-refractivity contribution < 1.29 is 4.79 Å². The first-order chi connectivity index (χ1) is 9.81. The van der Waals surface area contributed by atoms with Crippen molar-refractivity contribution in [3.63, 3.8) is 0 Å². The first-order valence-corrected chi connectivity index (χ1v) is 7.39. The van der Waals surface area contributed by atoms with Gasteiger partial charge in [-0.3, -0.25) is 4.79 Å². The average Bonchev–Trinajstić information content (AvgIpc) is 2.67. The monoisotopic (exact) mass is 325 g/mol. The Kier molecular flexibility index (Phi) is 4.59. The summed E-state index contributed by atoms with van der Waals surface area (Å²) in [4.78, 5) is 12.3. The second-order valence-corrected chi connectivity index (χ2v) is 6.00. The molecule has 112 valence electrons. The number of amides is 1. The Balaban J connectivity index is 2.47. The fraction of sp³-hybridized carbons (Fsp3) is 0.333. The second-order valence-electron chi connectivity index (χ2n) is 5.18. The predicted octanol–water partition coefficient (Wildman–Crippen LogP) is 3.93. The average molecular weight is 326 g/mol. The molecule has 1 N–H and O–H groups in total. The number of rotatable bonds is 3. The quantitative estimate of drug-likeness (QED) is 0.929. The third kappa shape index (κ3) is 3.22. The molecule has 0 aliphatic rings. The van der Waals surface area contributed by atoms with E-state index < -0.39 is 0 Å². The lowest BCUT2D eigenvalue weighted by Crippen LogP contribution is -2.30. The SMILES string of the molecule is Cc1nn(-c2ccc(Cl)c(Cl)c2)c(C)c1C(=O)NC(C)C. The molecule has 0 radical (unpaired) electrons. The highest BCUT2D eigenvalue weighted by molar-refractivity contribution is 6.42. The van der Waals surface area contributed by atoms with Crippen LogP contribution in [0.4, 0.5) is 0 Å². The number of hydrogen-bond acceptors (Lipinski definition) is 2. The summed E-state index contributed by atoms with van der Waals surface area (Å²) in [5.41, 5.74) is 2.81. The number of hydrogen-bond donors (Lipinski definition) is 1. The molecule has 1 heterocycles. The fourth-order valence-electron chi connectivity index (χ4n) is 2.17. The molecule has 21 heavy (non-hydrogen) atoms. The maximum absolute atomic E-state index is 12.3. The summed E-state index contributed by atoms with van der Waals surface area (Å²) >= 11 is 12.0. The van der Waals surface area contributed by atoms with Gasteiger partial charge in [-0.15, -0.1) is 0 Å². The summed E-state index contributed by atoms with van der Waals surface area (Å²) in [6.45, 7) is 7.52. The van der Waals surface area contributed by atoms with E-state index in [1.807, 2.05) is 33.8 Å². The molecule has 0 atom stereocenters. The van der Waals surface area contributed by atoms with Crippen molar-refractivity contribution in [3.8, 4) is 5.69 Å². The smallest absolute Gasteiger partial charge is 0.255 e. The van der Waals surface area contributed by atoms with E-state index >= 15 is 0 Å². The fourth-order valence-corrected chi connectivity index (χ4v) is 2.47. The van der Waals surface area contributed by atoms with Crippen molar-refractivity contribution in [1.82, 2.24) is 15.1 Å². The van der Waals surface area contributed by atoms with Gasteiger partial charge in [0.1, 0.15) is 0 Å². The van der Waals surface area contributed by atoms with Crippen molar-refractivity contribution in [3.05, 3.63) is 45.2 Å². The number of benzene rings is 1. The highest BCUT2D eigenvalue weighted by Gasteiger charge is 2.20. The Hall–Kier alpha value is -1.52. The Labute approximate surface area is 134 Å². The molecule has 1 aromatic heterocycles. The minimum atomic E-state index is -0.119. The number of aryl methyl sites for hydroxylation is 1. The van der Waals surface area contributed by atoms with E-state index in [0.29, 0.717) is 21.3 Å². The summed E-state index contributed by atoms with van der Waals surface area (Å²) in [6, 6.07) is 5.33. The van der Waals surface area contributed by atoms with Crippen LogP contribution in [0.25, 0.3) is 5.69 Å². The van der Waals surface area contributed by atoms with Gasteiger partial charge in [0.05, 0.1) is 32.7 Å². The van der Waals surface area contributed by atoms with E-state index in [0.717, 1.165) is 11.4 Å². The van der Waals surface area contributed by atoms with Gasteiger partial charge in [-0.05, 0) is 45.9 Å². The van der Waals surface area contributed by atoms with Gasteiger partial charge in [0, 0.05) is 6.04 Å². The molecular formula is C15H17Cl2N3O. The molecule has 1 amide bonds. The Morgan fingerprint density at radius 2 is 1.90 bits per heavy atom. The Morgan fingerprint density at radius 1 is 1.24 bits per heavy atom. The molecule has 0 aliphatic heterocycles. The standard InChI is InChI=1S/C15H17Cl2N3O/c1-8(2)18-15(21)14-9(3)19-20(10(14)4)11-5-6-12(16)13(17)7-11/h5-8H,1-4H3,(H,18,21). The van der Waals surface area contributed by atoms with E-state index in [1.54, 1.807) is 16.8 Å². The van der Waals surface area contributed by atoms with E-state index in [-0.39, 0.29) is 11.9 Å². The van der Waals surface area contributed by atoms with Crippen LogP contribution in [0.1, 0.15) is 35.6 Å². The Morgan fingerprint density at radius 3 is 2.48 bits per heavy atom. The van der Waals surface area contributed by atoms with Crippen molar-refractivity contribution >= 4 is 29.1 Å². The number of aromatic nitrogens is 2. The third-order valence-electron chi connectivity index (χ3n) is 3.09. The van der Waals surface area contributed by atoms with Crippen molar-refractivity contribution in [2.75, 3.05) is 0 Å². The van der Waals surface area contributed by atoms with Crippen molar-refractivity contribution in [2.45, 2.75) is 33.7 Å². The molecule has 1 aromatic carbocycles. The zero-order valence-electron chi connectivity index (χ0n) is 12.4. The molecule has 0 aliphatic carbocycles. The second kappa shape index (κ2) is 6.08. The van der Waals surface area contributed by atoms with Crippen LogP contribution in [0.5, 0.6) is 0 Å². The van der Waals surface area contributed by atoms with Crippen LogP contribution in [-0.4, -0.2) is 21.7 Å². The first-order valence-electron chi connectivity index (χ1n) is 6.63. The molecule has 6 heteroatoms. The lowest BCUT2D eigenvalue weighted by Gasteiger charge is -2.09. The van der Waals surface area contributed by atoms with Gasteiger partial charge < -0.3 is 5.32 Å². The molecule has 2 aromatic rings. The minimum Gasteiger partial charge on any atom is -0.350 e. The van der Waals surface area contributed by atoms with Gasteiger partial charge in [0.15, 0.2) is 0 Å². The topological polar surface area (TPSA) is 46.9 Å². The van der Waals surface area contributed by atoms with Gasteiger partial charge in [-0.2, -0.15) is 5.10 Å². The lowest BCUT2D eigenvalue weighted by atomic mass is 10.1. The zero-order chi connectivity index (χ0) is 15.7. The third-order valence-corrected chi connectivity index (χ3v) is 3.82. The van der Waals surface area contributed by atoms with Crippen molar-refractivity contribution in [1.29, 1.82) is 0 Å². The van der Waals surface area contributed by atoms with Crippen LogP contribution in [-0.2, 0) is 0 Å². The highest BCUT2D eigenvalue weighted by Crippen LogP contribution is 2.26. The number of nitrogens with zero attached hydrogens (tertiary/aromatic N) is 2. The number of halogens is 2. The van der Waals surface area contributed by atoms with Crippen LogP contribution in [0.15, 0.2) is 18.2 Å². The van der Waals surface area contributed by atoms with E-state index in [2.05, 4.69) is 10.4 Å². The molecule has 0 saturated carbocycles. The molecule has 2 rings (SSSR count). The molecule has 0 bridgehead atoms. The van der Waals surface area contributed by atoms with Crippen LogP contribution in [0.3, 0.4) is 0 Å². The van der Waals surface area contributed by atoms with Gasteiger partial charge >= 0.3 is 0 Å². The minimum absolute atomic E-state index is 0.0737. The predicted molar refractivity (Wildman–Crippen MR) is 85.7 cm³/mol. The maximum atomic E-state index is 12.3. The zero-order valence-corrected chi connectivity index (χ0v) is 13.9. The summed E-state index contributed by atoms with van der Waals surface area (Å²) in [6.07, 6.45) is 0. The Bertz CT molecular complexity index is 692. The molecular weight excluding hydrogens is 309 g/mol. The highest BCUT2D eigenvalue weighted by atomic mass is 35.5.